The maximum absolute atomic E-state index is 12.7. The second-order valence-corrected chi connectivity index (χ2v) is 9.35. The molecule has 0 heterocycles. The fourth-order valence-electron chi connectivity index (χ4n) is 3.88. The largest absolute Gasteiger partial charge is 0.289 e. The molecule has 0 radical (unpaired) electrons. The van der Waals surface area contributed by atoms with E-state index >= 15 is 0 Å². The highest BCUT2D eigenvalue weighted by Crippen LogP contribution is 2.20. The van der Waals surface area contributed by atoms with E-state index in [4.69, 9.17) is 0 Å². The molecule has 1 nitrogen and oxygen atoms in total. The van der Waals surface area contributed by atoms with Crippen molar-refractivity contribution in [1.82, 2.24) is 0 Å². The van der Waals surface area contributed by atoms with Crippen LogP contribution >= 0.6 is 0 Å². The molecule has 0 amide bonds. The summed E-state index contributed by atoms with van der Waals surface area (Å²) in [6.07, 6.45) is 6.46. The molecule has 0 aliphatic carbocycles. The van der Waals surface area contributed by atoms with Crippen molar-refractivity contribution in [3.63, 3.8) is 0 Å². The predicted molar refractivity (Wildman–Crippen MR) is 156 cm³/mol. The highest BCUT2D eigenvalue weighted by Gasteiger charge is 2.10. The molecule has 0 spiro atoms. The van der Waals surface area contributed by atoms with Gasteiger partial charge < -0.3 is 0 Å². The van der Waals surface area contributed by atoms with Gasteiger partial charge in [0.1, 0.15) is 0 Å². The lowest BCUT2D eigenvalue weighted by Crippen LogP contribution is -2.02. The van der Waals surface area contributed by atoms with Gasteiger partial charge in [0, 0.05) is 11.1 Å². The van der Waals surface area contributed by atoms with E-state index in [-0.39, 0.29) is 5.78 Å². The van der Waals surface area contributed by atoms with E-state index in [0.29, 0.717) is 11.8 Å². The van der Waals surface area contributed by atoms with Crippen LogP contribution in [0.5, 0.6) is 0 Å². The van der Waals surface area contributed by atoms with Crippen LogP contribution in [0.25, 0.3) is 12.2 Å². The number of rotatable bonds is 8. The average Bonchev–Trinajstić information content (AvgIpc) is 2.96. The molecule has 0 saturated carbocycles. The summed E-state index contributed by atoms with van der Waals surface area (Å²) in [6.45, 7) is 8.86. The van der Waals surface area contributed by atoms with Crippen LogP contribution in [0.4, 0.5) is 0 Å². The summed E-state index contributed by atoms with van der Waals surface area (Å²) in [5.74, 6) is 1.30. The van der Waals surface area contributed by atoms with Gasteiger partial charge in [-0.2, -0.15) is 0 Å². The number of hydrogen-bond acceptors (Lipinski definition) is 1. The second-order valence-electron chi connectivity index (χ2n) is 9.35. The van der Waals surface area contributed by atoms with Crippen molar-refractivity contribution in [2.75, 3.05) is 0 Å². The summed E-state index contributed by atoms with van der Waals surface area (Å²) in [6, 6.07) is 36.6. The summed E-state index contributed by atoms with van der Waals surface area (Å²) in [5.41, 5.74) is 6.44. The van der Waals surface area contributed by atoms with Crippen molar-refractivity contribution < 1.29 is 4.79 Å². The zero-order valence-corrected chi connectivity index (χ0v) is 22.0. The first kappa shape index (κ1) is 26.9. The summed E-state index contributed by atoms with van der Waals surface area (Å²) >= 11 is 0. The standard InChI is InChI=1S/C25H24O.C10H14/c1-3-19(2)22-15-17-24(18-16-22)25(26)23-13-11-21(12-14-23)10-9-20-7-5-4-6-8-20;1-3-9(2)10-7-5-4-6-8-10/h4-19H,3H2,1-2H3;4-9H,3H2,1-2H3. The predicted octanol–water partition coefficient (Wildman–Crippen LogP) is 9.80. The molecule has 1 heteroatoms. The molecule has 0 aliphatic heterocycles. The Morgan fingerprint density at radius 2 is 0.944 bits per heavy atom. The molecule has 0 N–H and O–H groups in total. The number of ketones is 1. The Kier molecular flexibility index (Phi) is 10.5. The van der Waals surface area contributed by atoms with Gasteiger partial charge in [-0.25, -0.2) is 0 Å². The molecule has 36 heavy (non-hydrogen) atoms. The Balaban J connectivity index is 0.000000303. The van der Waals surface area contributed by atoms with Crippen LogP contribution in [0, 0.1) is 0 Å². The minimum atomic E-state index is 0.0688. The summed E-state index contributed by atoms with van der Waals surface area (Å²) in [5, 5.41) is 0. The molecule has 4 aromatic rings. The lowest BCUT2D eigenvalue weighted by molar-refractivity contribution is 0.103. The number of carbonyl (C=O) groups excluding carboxylic acids is 1. The van der Waals surface area contributed by atoms with Crippen molar-refractivity contribution in [1.29, 1.82) is 0 Å². The third-order valence-electron chi connectivity index (χ3n) is 6.78. The molecule has 2 atom stereocenters. The number of benzene rings is 4. The Morgan fingerprint density at radius 1 is 0.556 bits per heavy atom. The zero-order valence-electron chi connectivity index (χ0n) is 22.0. The van der Waals surface area contributed by atoms with Crippen LogP contribution in [0.3, 0.4) is 0 Å². The molecule has 0 aromatic heterocycles. The zero-order chi connectivity index (χ0) is 25.8. The van der Waals surface area contributed by atoms with Gasteiger partial charge in [0.15, 0.2) is 5.78 Å². The second kappa shape index (κ2) is 14.0. The molecule has 2 unspecified atom stereocenters. The Labute approximate surface area is 217 Å². The van der Waals surface area contributed by atoms with Gasteiger partial charge in [0.2, 0.25) is 0 Å². The van der Waals surface area contributed by atoms with E-state index < -0.39 is 0 Å². The van der Waals surface area contributed by atoms with E-state index in [1.54, 1.807) is 0 Å². The topological polar surface area (TPSA) is 17.1 Å². The fraction of sp³-hybridized carbons (Fsp3) is 0.229. The van der Waals surface area contributed by atoms with Crippen LogP contribution < -0.4 is 0 Å². The van der Waals surface area contributed by atoms with Crippen molar-refractivity contribution in [3.05, 3.63) is 143 Å². The molecule has 4 aromatic carbocycles. The van der Waals surface area contributed by atoms with E-state index in [1.807, 2.05) is 54.6 Å². The van der Waals surface area contributed by atoms with E-state index in [2.05, 4.69) is 94.4 Å². The average molecular weight is 475 g/mol. The summed E-state index contributed by atoms with van der Waals surface area (Å²) in [4.78, 5) is 12.7. The van der Waals surface area contributed by atoms with Gasteiger partial charge in [-0.15, -0.1) is 0 Å². The molecule has 0 aliphatic rings. The van der Waals surface area contributed by atoms with Crippen LogP contribution in [0.1, 0.15) is 90.5 Å². The molecule has 0 fully saturated rings. The van der Waals surface area contributed by atoms with Crippen molar-refractivity contribution in [2.45, 2.75) is 52.4 Å². The minimum absolute atomic E-state index is 0.0688. The van der Waals surface area contributed by atoms with E-state index in [1.165, 1.54) is 17.5 Å². The first-order valence-corrected chi connectivity index (χ1v) is 13.0. The monoisotopic (exact) mass is 474 g/mol. The lowest BCUT2D eigenvalue weighted by atomic mass is 9.95. The highest BCUT2D eigenvalue weighted by molar-refractivity contribution is 6.09. The smallest absolute Gasteiger partial charge is 0.193 e. The van der Waals surface area contributed by atoms with Crippen molar-refractivity contribution in [3.8, 4) is 0 Å². The van der Waals surface area contributed by atoms with Crippen LogP contribution in [-0.4, -0.2) is 5.78 Å². The van der Waals surface area contributed by atoms with E-state index in [0.717, 1.165) is 28.7 Å². The van der Waals surface area contributed by atoms with Crippen molar-refractivity contribution >= 4 is 17.9 Å². The van der Waals surface area contributed by atoms with Gasteiger partial charge in [0.25, 0.3) is 0 Å². The van der Waals surface area contributed by atoms with Crippen LogP contribution in [-0.2, 0) is 0 Å². The fourth-order valence-corrected chi connectivity index (χ4v) is 3.88. The van der Waals surface area contributed by atoms with Crippen LogP contribution in [0.2, 0.25) is 0 Å². The normalized spacial score (nSPS) is 12.4. The highest BCUT2D eigenvalue weighted by atomic mass is 16.1. The van der Waals surface area contributed by atoms with E-state index in [9.17, 15) is 4.79 Å². The van der Waals surface area contributed by atoms with Gasteiger partial charge in [-0.05, 0) is 46.9 Å². The molecule has 0 saturated heterocycles. The SMILES string of the molecule is CCC(C)c1ccc(C(=O)c2ccc(C=Cc3ccccc3)cc2)cc1.CCC(C)c1ccccc1. The maximum atomic E-state index is 12.7. The lowest BCUT2D eigenvalue weighted by Gasteiger charge is -2.09. The third-order valence-corrected chi connectivity index (χ3v) is 6.78. The quantitative estimate of drug-likeness (QED) is 0.183. The van der Waals surface area contributed by atoms with Gasteiger partial charge in [-0.1, -0.05) is 149 Å². The molecule has 0 bridgehead atoms. The molecular formula is C35H38O. The third kappa shape index (κ3) is 7.92. The Hall–Kier alpha value is -3.71. The summed E-state index contributed by atoms with van der Waals surface area (Å²) < 4.78 is 0. The van der Waals surface area contributed by atoms with Gasteiger partial charge >= 0.3 is 0 Å². The van der Waals surface area contributed by atoms with Gasteiger partial charge in [-0.3, -0.25) is 4.79 Å². The maximum Gasteiger partial charge on any atom is 0.193 e. The first-order chi connectivity index (χ1) is 17.5. The van der Waals surface area contributed by atoms with Crippen LogP contribution in [0.15, 0.2) is 109 Å². The summed E-state index contributed by atoms with van der Waals surface area (Å²) in [7, 11) is 0. The first-order valence-electron chi connectivity index (χ1n) is 13.0. The molecular weight excluding hydrogens is 436 g/mol. The molecule has 184 valence electrons. The van der Waals surface area contributed by atoms with Gasteiger partial charge in [0.05, 0.1) is 0 Å². The minimum Gasteiger partial charge on any atom is -0.289 e. The number of carbonyl (C=O) groups is 1. The Bertz CT molecular complexity index is 1200. The van der Waals surface area contributed by atoms with Crippen molar-refractivity contribution in [2.24, 2.45) is 0 Å². The Morgan fingerprint density at radius 3 is 1.42 bits per heavy atom. The molecule has 4 rings (SSSR count). The number of hydrogen-bond donors (Lipinski definition) is 0.